The van der Waals surface area contributed by atoms with Crippen molar-refractivity contribution < 1.29 is 0 Å². The summed E-state index contributed by atoms with van der Waals surface area (Å²) in [6, 6.07) is 1.68. The van der Waals surface area contributed by atoms with Gasteiger partial charge in [0.2, 0.25) is 0 Å². The Morgan fingerprint density at radius 3 is 2.93 bits per heavy atom. The van der Waals surface area contributed by atoms with Crippen LogP contribution in [0.2, 0.25) is 0 Å². The van der Waals surface area contributed by atoms with Crippen LogP contribution in [0.3, 0.4) is 0 Å². The molecule has 2 rings (SSSR count). The third kappa shape index (κ3) is 2.94. The summed E-state index contributed by atoms with van der Waals surface area (Å²) < 4.78 is 0. The van der Waals surface area contributed by atoms with Gasteiger partial charge in [0.1, 0.15) is 0 Å². The first-order valence-corrected chi connectivity index (χ1v) is 6.89. The lowest BCUT2D eigenvalue weighted by Gasteiger charge is -2.32. The summed E-state index contributed by atoms with van der Waals surface area (Å²) >= 11 is 0. The Bertz CT molecular complexity index is 181. The van der Waals surface area contributed by atoms with Crippen molar-refractivity contribution in [2.75, 3.05) is 19.6 Å². The summed E-state index contributed by atoms with van der Waals surface area (Å²) in [6.45, 7) is 6.22. The maximum absolute atomic E-state index is 3.77. The highest BCUT2D eigenvalue weighted by atomic mass is 15.2. The second-order valence-corrected chi connectivity index (χ2v) is 5.16. The van der Waals surface area contributed by atoms with E-state index >= 15 is 0 Å². The van der Waals surface area contributed by atoms with Crippen molar-refractivity contribution >= 4 is 0 Å². The Morgan fingerprint density at radius 1 is 1.13 bits per heavy atom. The van der Waals surface area contributed by atoms with Gasteiger partial charge in [-0.25, -0.2) is 0 Å². The van der Waals surface area contributed by atoms with Crippen molar-refractivity contribution in [1.82, 2.24) is 10.2 Å². The predicted molar refractivity (Wildman–Crippen MR) is 65.1 cm³/mol. The molecule has 2 nitrogen and oxygen atoms in total. The first-order chi connectivity index (χ1) is 7.42. The van der Waals surface area contributed by atoms with Crippen molar-refractivity contribution in [2.24, 2.45) is 0 Å². The molecule has 1 N–H and O–H groups in total. The lowest BCUT2D eigenvalue weighted by atomic mass is 9.99. The maximum Gasteiger partial charge on any atom is 0.0249 e. The zero-order valence-corrected chi connectivity index (χ0v) is 10.2. The Labute approximate surface area is 94.4 Å². The number of unbranched alkanes of at least 4 members (excludes halogenated alkanes) is 2. The minimum Gasteiger partial charge on any atom is -0.312 e. The number of nitrogens with zero attached hydrogens (tertiary/aromatic N) is 1. The van der Waals surface area contributed by atoms with E-state index in [0.717, 1.165) is 12.1 Å². The topological polar surface area (TPSA) is 15.3 Å². The van der Waals surface area contributed by atoms with Crippen molar-refractivity contribution in [3.63, 3.8) is 0 Å². The van der Waals surface area contributed by atoms with E-state index in [4.69, 9.17) is 0 Å². The Morgan fingerprint density at radius 2 is 2.07 bits per heavy atom. The van der Waals surface area contributed by atoms with Gasteiger partial charge >= 0.3 is 0 Å². The number of hydrogen-bond donors (Lipinski definition) is 1. The summed E-state index contributed by atoms with van der Waals surface area (Å²) in [5, 5.41) is 3.77. The fourth-order valence-corrected chi connectivity index (χ4v) is 3.15. The van der Waals surface area contributed by atoms with E-state index in [0.29, 0.717) is 0 Å². The summed E-state index contributed by atoms with van der Waals surface area (Å²) in [5.41, 5.74) is 0. The molecule has 0 aromatic heterocycles. The van der Waals surface area contributed by atoms with E-state index in [-0.39, 0.29) is 0 Å². The van der Waals surface area contributed by atoms with Crippen LogP contribution in [0.4, 0.5) is 0 Å². The third-order valence-corrected chi connectivity index (χ3v) is 4.04. The van der Waals surface area contributed by atoms with Crippen LogP contribution in [0, 0.1) is 0 Å². The Kier molecular flexibility index (Phi) is 4.45. The Hall–Kier alpha value is -0.0800. The quantitative estimate of drug-likeness (QED) is 0.701. The first-order valence-electron chi connectivity index (χ1n) is 6.89. The molecule has 15 heavy (non-hydrogen) atoms. The number of nitrogens with one attached hydrogen (secondary N) is 1. The van der Waals surface area contributed by atoms with E-state index in [9.17, 15) is 0 Å². The van der Waals surface area contributed by atoms with Gasteiger partial charge in [0, 0.05) is 18.6 Å². The number of fused-ring (bicyclic) bond motifs is 1. The molecular formula is C13H26N2. The molecule has 2 atom stereocenters. The minimum atomic E-state index is 0.808. The fraction of sp³-hybridized carbons (Fsp3) is 1.00. The standard InChI is InChI=1S/C13H26N2/c1-2-3-5-9-14-12-8-11-15-10-6-4-7-13(12)15/h12-14H,2-11H2,1H3. The highest BCUT2D eigenvalue weighted by Crippen LogP contribution is 2.26. The normalized spacial score (nSPS) is 31.8. The SMILES string of the molecule is CCCCCNC1CCN2CCCCC12. The molecule has 2 unspecified atom stereocenters. The van der Waals surface area contributed by atoms with E-state index in [2.05, 4.69) is 17.1 Å². The van der Waals surface area contributed by atoms with E-state index in [1.165, 1.54) is 64.6 Å². The molecule has 0 amide bonds. The summed E-state index contributed by atoms with van der Waals surface area (Å²) in [6.07, 6.45) is 9.78. The smallest absolute Gasteiger partial charge is 0.0249 e. The Balaban J connectivity index is 1.69. The zero-order valence-electron chi connectivity index (χ0n) is 10.2. The molecule has 2 heteroatoms. The molecule has 0 aromatic rings. The third-order valence-electron chi connectivity index (χ3n) is 4.04. The average molecular weight is 210 g/mol. The second kappa shape index (κ2) is 5.86. The predicted octanol–water partition coefficient (Wildman–Crippen LogP) is 2.39. The zero-order chi connectivity index (χ0) is 10.5. The molecule has 0 bridgehead atoms. The van der Waals surface area contributed by atoms with E-state index < -0.39 is 0 Å². The van der Waals surface area contributed by atoms with Crippen molar-refractivity contribution in [3.8, 4) is 0 Å². The van der Waals surface area contributed by atoms with Crippen LogP contribution < -0.4 is 5.32 Å². The molecule has 2 heterocycles. The lowest BCUT2D eigenvalue weighted by molar-refractivity contribution is 0.180. The van der Waals surface area contributed by atoms with Crippen LogP contribution in [-0.4, -0.2) is 36.6 Å². The molecule has 2 aliphatic heterocycles. The van der Waals surface area contributed by atoms with Gasteiger partial charge in [0.15, 0.2) is 0 Å². The molecule has 88 valence electrons. The van der Waals surface area contributed by atoms with Gasteiger partial charge in [-0.15, -0.1) is 0 Å². The van der Waals surface area contributed by atoms with Gasteiger partial charge in [-0.1, -0.05) is 26.2 Å². The van der Waals surface area contributed by atoms with Crippen LogP contribution in [0.25, 0.3) is 0 Å². The monoisotopic (exact) mass is 210 g/mol. The number of hydrogen-bond acceptors (Lipinski definition) is 2. The minimum absolute atomic E-state index is 0.808. The van der Waals surface area contributed by atoms with Gasteiger partial charge in [-0.3, -0.25) is 4.90 Å². The average Bonchev–Trinajstić information content (AvgIpc) is 2.68. The molecule has 2 fully saturated rings. The van der Waals surface area contributed by atoms with Crippen LogP contribution in [-0.2, 0) is 0 Å². The van der Waals surface area contributed by atoms with E-state index in [1.807, 2.05) is 0 Å². The second-order valence-electron chi connectivity index (χ2n) is 5.16. The molecular weight excluding hydrogens is 184 g/mol. The number of piperidine rings is 1. The lowest BCUT2D eigenvalue weighted by Crippen LogP contribution is -2.45. The van der Waals surface area contributed by atoms with Crippen LogP contribution >= 0.6 is 0 Å². The van der Waals surface area contributed by atoms with Crippen LogP contribution in [0.1, 0.15) is 51.9 Å². The van der Waals surface area contributed by atoms with Crippen LogP contribution in [0.5, 0.6) is 0 Å². The molecule has 2 aliphatic rings. The van der Waals surface area contributed by atoms with E-state index in [1.54, 1.807) is 0 Å². The van der Waals surface area contributed by atoms with Gasteiger partial charge in [0.25, 0.3) is 0 Å². The summed E-state index contributed by atoms with van der Waals surface area (Å²) in [5.74, 6) is 0. The number of rotatable bonds is 5. The van der Waals surface area contributed by atoms with Crippen molar-refractivity contribution in [1.29, 1.82) is 0 Å². The molecule has 0 radical (unpaired) electrons. The largest absolute Gasteiger partial charge is 0.312 e. The van der Waals surface area contributed by atoms with Crippen molar-refractivity contribution in [2.45, 2.75) is 64.0 Å². The first kappa shape index (κ1) is 11.4. The molecule has 0 aromatic carbocycles. The van der Waals surface area contributed by atoms with Gasteiger partial charge in [-0.2, -0.15) is 0 Å². The molecule has 0 saturated carbocycles. The van der Waals surface area contributed by atoms with Gasteiger partial charge < -0.3 is 5.32 Å². The molecule has 2 saturated heterocycles. The summed E-state index contributed by atoms with van der Waals surface area (Å²) in [4.78, 5) is 2.71. The van der Waals surface area contributed by atoms with Gasteiger partial charge in [-0.05, 0) is 38.8 Å². The van der Waals surface area contributed by atoms with Crippen LogP contribution in [0.15, 0.2) is 0 Å². The van der Waals surface area contributed by atoms with Crippen molar-refractivity contribution in [3.05, 3.63) is 0 Å². The maximum atomic E-state index is 3.77. The fourth-order valence-electron chi connectivity index (χ4n) is 3.15. The van der Waals surface area contributed by atoms with Gasteiger partial charge in [0.05, 0.1) is 0 Å². The summed E-state index contributed by atoms with van der Waals surface area (Å²) in [7, 11) is 0. The molecule has 0 spiro atoms. The highest BCUT2D eigenvalue weighted by molar-refractivity contribution is 4.93. The molecule has 0 aliphatic carbocycles. The highest BCUT2D eigenvalue weighted by Gasteiger charge is 2.34.